The monoisotopic (exact) mass is 382 g/mol. The highest BCUT2D eigenvalue weighted by Crippen LogP contribution is 2.28. The lowest BCUT2D eigenvalue weighted by Gasteiger charge is -2.33. The topological polar surface area (TPSA) is 57.7 Å². The van der Waals surface area contributed by atoms with Crippen LogP contribution >= 0.6 is 0 Å². The predicted octanol–water partition coefficient (Wildman–Crippen LogP) is 3.71. The van der Waals surface area contributed by atoms with Crippen LogP contribution in [0.15, 0.2) is 48.5 Å². The number of aryl methyl sites for hydroxylation is 1. The fourth-order valence-corrected chi connectivity index (χ4v) is 3.39. The number of hydrogen-bond donors (Lipinski definition) is 0. The van der Waals surface area contributed by atoms with E-state index in [1.165, 1.54) is 29.2 Å². The molecule has 28 heavy (non-hydrogen) atoms. The van der Waals surface area contributed by atoms with Crippen LogP contribution in [0.3, 0.4) is 0 Å². The van der Waals surface area contributed by atoms with Crippen molar-refractivity contribution in [1.29, 1.82) is 0 Å². The molecule has 1 aliphatic rings. The van der Waals surface area contributed by atoms with Gasteiger partial charge in [0.2, 0.25) is 5.91 Å². The van der Waals surface area contributed by atoms with E-state index in [1.54, 1.807) is 12.1 Å². The summed E-state index contributed by atoms with van der Waals surface area (Å²) < 4.78 is 13.2. The Morgan fingerprint density at radius 2 is 1.75 bits per heavy atom. The van der Waals surface area contributed by atoms with Crippen molar-refractivity contribution in [2.75, 3.05) is 4.90 Å². The van der Waals surface area contributed by atoms with Gasteiger partial charge in [0, 0.05) is 11.6 Å². The average molecular weight is 382 g/mol. The quantitative estimate of drug-likeness (QED) is 0.741. The van der Waals surface area contributed by atoms with Crippen LogP contribution < -0.4 is 4.90 Å². The van der Waals surface area contributed by atoms with E-state index in [0.29, 0.717) is 17.7 Å². The Balaban J connectivity index is 1.93. The number of carbonyl (C=O) groups excluding carboxylic acids is 3. The van der Waals surface area contributed by atoms with Crippen LogP contribution in [0.5, 0.6) is 0 Å². The number of carbonyl (C=O) groups is 3. The smallest absolute Gasteiger partial charge is 0.257 e. The second kappa shape index (κ2) is 7.92. The van der Waals surface area contributed by atoms with Gasteiger partial charge in [-0.25, -0.2) is 9.29 Å². The predicted molar refractivity (Wildman–Crippen MR) is 104 cm³/mol. The van der Waals surface area contributed by atoms with E-state index in [1.807, 2.05) is 32.9 Å². The molecule has 1 heterocycles. The van der Waals surface area contributed by atoms with Crippen molar-refractivity contribution in [2.24, 2.45) is 0 Å². The highest BCUT2D eigenvalue weighted by atomic mass is 19.1. The normalized spacial score (nSPS) is 17.7. The number of halogens is 1. The zero-order valence-electron chi connectivity index (χ0n) is 16.2. The third kappa shape index (κ3) is 3.67. The minimum Gasteiger partial charge on any atom is -0.323 e. The molecule has 0 aromatic heterocycles. The van der Waals surface area contributed by atoms with Crippen molar-refractivity contribution in [3.05, 3.63) is 65.5 Å². The molecule has 6 heteroatoms. The van der Waals surface area contributed by atoms with Gasteiger partial charge in [0.25, 0.3) is 11.8 Å². The number of hydrogen-bond acceptors (Lipinski definition) is 3. The Kier molecular flexibility index (Phi) is 5.58. The molecular formula is C22H23FN2O3. The molecule has 146 valence electrons. The second-order valence-electron chi connectivity index (χ2n) is 7.10. The summed E-state index contributed by atoms with van der Waals surface area (Å²) in [5, 5.41) is 0. The van der Waals surface area contributed by atoms with Crippen LogP contribution in [-0.4, -0.2) is 34.7 Å². The Morgan fingerprint density at radius 3 is 2.32 bits per heavy atom. The summed E-state index contributed by atoms with van der Waals surface area (Å²) >= 11 is 0. The molecule has 0 bridgehead atoms. The molecule has 0 spiro atoms. The second-order valence-corrected chi connectivity index (χ2v) is 7.10. The molecule has 0 aliphatic carbocycles. The molecular weight excluding hydrogens is 359 g/mol. The van der Waals surface area contributed by atoms with E-state index in [-0.39, 0.29) is 18.4 Å². The van der Waals surface area contributed by atoms with Gasteiger partial charge in [-0.3, -0.25) is 14.4 Å². The van der Waals surface area contributed by atoms with Gasteiger partial charge in [-0.15, -0.1) is 0 Å². The van der Waals surface area contributed by atoms with E-state index in [0.717, 1.165) is 10.5 Å². The summed E-state index contributed by atoms with van der Waals surface area (Å²) in [5.41, 5.74) is 1.82. The zero-order chi connectivity index (χ0) is 20.4. The molecule has 2 aromatic rings. The average Bonchev–Trinajstić information content (AvgIpc) is 2.97. The van der Waals surface area contributed by atoms with Gasteiger partial charge in [-0.1, -0.05) is 24.6 Å². The van der Waals surface area contributed by atoms with Crippen molar-refractivity contribution < 1.29 is 18.8 Å². The van der Waals surface area contributed by atoms with Crippen LogP contribution in [0.4, 0.5) is 10.1 Å². The number of benzene rings is 2. The molecule has 1 fully saturated rings. The van der Waals surface area contributed by atoms with Gasteiger partial charge in [0.15, 0.2) is 0 Å². The highest BCUT2D eigenvalue weighted by Gasteiger charge is 2.45. The Bertz CT molecular complexity index is 893. The van der Waals surface area contributed by atoms with Gasteiger partial charge >= 0.3 is 0 Å². The van der Waals surface area contributed by atoms with Crippen LogP contribution in [0.25, 0.3) is 0 Å². The summed E-state index contributed by atoms with van der Waals surface area (Å²) in [5.74, 6) is -1.58. The molecule has 0 N–H and O–H groups in total. The van der Waals surface area contributed by atoms with Crippen molar-refractivity contribution in [3.63, 3.8) is 0 Å². The maximum atomic E-state index is 13.2. The first-order valence-corrected chi connectivity index (χ1v) is 9.35. The maximum Gasteiger partial charge on any atom is 0.257 e. The summed E-state index contributed by atoms with van der Waals surface area (Å²) in [6.07, 6.45) is 0.560. The zero-order valence-corrected chi connectivity index (χ0v) is 16.2. The summed E-state index contributed by atoms with van der Waals surface area (Å²) in [7, 11) is 0. The third-order valence-corrected chi connectivity index (χ3v) is 5.14. The molecule has 2 aromatic carbocycles. The standard InChI is InChI=1S/C22H23FN2O3/c1-4-15(3)24(21(27)16-7-5-14(2)6-8-16)19-13-20(26)25(22(19)28)18-11-9-17(23)10-12-18/h5-12,15,19H,4,13H2,1-3H3. The Hall–Kier alpha value is -3.02. The van der Waals surface area contributed by atoms with E-state index in [2.05, 4.69) is 0 Å². The number of nitrogens with zero attached hydrogens (tertiary/aromatic N) is 2. The lowest BCUT2D eigenvalue weighted by molar-refractivity contribution is -0.122. The van der Waals surface area contributed by atoms with Gasteiger partial charge in [-0.05, 0) is 56.7 Å². The van der Waals surface area contributed by atoms with Crippen LogP contribution in [-0.2, 0) is 9.59 Å². The van der Waals surface area contributed by atoms with Crippen molar-refractivity contribution in [1.82, 2.24) is 4.90 Å². The minimum absolute atomic E-state index is 0.0852. The first kappa shape index (κ1) is 19.7. The third-order valence-electron chi connectivity index (χ3n) is 5.14. The summed E-state index contributed by atoms with van der Waals surface area (Å²) in [6.45, 7) is 5.73. The number of rotatable bonds is 5. The SMILES string of the molecule is CCC(C)N(C(=O)c1ccc(C)cc1)C1CC(=O)N(c2ccc(F)cc2)C1=O. The maximum absolute atomic E-state index is 13.2. The summed E-state index contributed by atoms with van der Waals surface area (Å²) in [4.78, 5) is 41.4. The fraction of sp³-hybridized carbons (Fsp3) is 0.318. The molecule has 5 nitrogen and oxygen atoms in total. The van der Waals surface area contributed by atoms with Crippen molar-refractivity contribution >= 4 is 23.4 Å². The highest BCUT2D eigenvalue weighted by molar-refractivity contribution is 6.23. The molecule has 1 aliphatic heterocycles. The molecule has 3 amide bonds. The van der Waals surface area contributed by atoms with E-state index in [4.69, 9.17) is 0 Å². The Labute approximate surface area is 163 Å². The number of anilines is 1. The number of amides is 3. The first-order valence-electron chi connectivity index (χ1n) is 9.35. The van der Waals surface area contributed by atoms with Gasteiger partial charge in [-0.2, -0.15) is 0 Å². The van der Waals surface area contributed by atoms with E-state index < -0.39 is 23.7 Å². The molecule has 2 unspecified atom stereocenters. The first-order chi connectivity index (χ1) is 13.3. The molecule has 3 rings (SSSR count). The lowest BCUT2D eigenvalue weighted by atomic mass is 10.1. The van der Waals surface area contributed by atoms with Crippen molar-refractivity contribution in [2.45, 2.75) is 45.7 Å². The minimum atomic E-state index is -0.874. The molecule has 1 saturated heterocycles. The molecule has 0 saturated carbocycles. The van der Waals surface area contributed by atoms with E-state index in [9.17, 15) is 18.8 Å². The van der Waals surface area contributed by atoms with Gasteiger partial charge in [0.1, 0.15) is 11.9 Å². The van der Waals surface area contributed by atoms with Crippen molar-refractivity contribution in [3.8, 4) is 0 Å². The van der Waals surface area contributed by atoms with E-state index >= 15 is 0 Å². The Morgan fingerprint density at radius 1 is 1.14 bits per heavy atom. The molecule has 0 radical (unpaired) electrons. The molecule has 2 atom stereocenters. The number of imide groups is 1. The lowest BCUT2D eigenvalue weighted by Crippen LogP contribution is -2.49. The van der Waals surface area contributed by atoms with Crippen LogP contribution in [0, 0.1) is 12.7 Å². The van der Waals surface area contributed by atoms with Crippen LogP contribution in [0.2, 0.25) is 0 Å². The fourth-order valence-electron chi connectivity index (χ4n) is 3.39. The van der Waals surface area contributed by atoms with Gasteiger partial charge in [0.05, 0.1) is 12.1 Å². The largest absolute Gasteiger partial charge is 0.323 e. The summed E-state index contributed by atoms with van der Waals surface area (Å²) in [6, 6.07) is 11.2. The van der Waals surface area contributed by atoms with Gasteiger partial charge < -0.3 is 4.90 Å². The van der Waals surface area contributed by atoms with Crippen LogP contribution in [0.1, 0.15) is 42.6 Å².